The molecular weight excluding hydrogens is 549 g/mol. The van der Waals surface area contributed by atoms with Crippen LogP contribution in [0.3, 0.4) is 0 Å². The summed E-state index contributed by atoms with van der Waals surface area (Å²) in [6.07, 6.45) is 11.1. The van der Waals surface area contributed by atoms with Gasteiger partial charge in [-0.05, 0) is 55.9 Å². The summed E-state index contributed by atoms with van der Waals surface area (Å²) in [6.45, 7) is 15.1. The Morgan fingerprint density at radius 3 is 1.70 bits per heavy atom. The Labute approximate surface area is 264 Å². The van der Waals surface area contributed by atoms with E-state index in [1.54, 1.807) is 0 Å². The third kappa shape index (κ3) is 12.6. The quantitative estimate of drug-likeness (QED) is 0.0854. The smallest absolute Gasteiger partial charge is 0.311 e. The molecule has 0 spiro atoms. The molecule has 0 heterocycles. The predicted octanol–water partition coefficient (Wildman–Crippen LogP) is 8.20. The predicted molar refractivity (Wildman–Crippen MR) is 183 cm³/mol. The number of carbonyl (C=O) groups excluding carboxylic acids is 1. The molecule has 0 aliphatic carbocycles. The second-order valence-corrected chi connectivity index (χ2v) is 18.2. The van der Waals surface area contributed by atoms with Crippen molar-refractivity contribution in [2.45, 2.75) is 136 Å². The molecule has 2 aromatic rings. The Bertz CT molecular complexity index is 1070. The van der Waals surface area contributed by atoms with Gasteiger partial charge in [0.1, 0.15) is 6.10 Å². The van der Waals surface area contributed by atoms with E-state index in [1.165, 1.54) is 42.5 Å². The van der Waals surface area contributed by atoms with E-state index in [0.29, 0.717) is 13.0 Å². The molecule has 5 heteroatoms. The van der Waals surface area contributed by atoms with Crippen LogP contribution < -0.4 is 10.4 Å². The van der Waals surface area contributed by atoms with Crippen LogP contribution in [0, 0.1) is 17.3 Å². The molecule has 0 aromatic heterocycles. The molecule has 238 valence electrons. The summed E-state index contributed by atoms with van der Waals surface area (Å²) < 4.78 is 12.3. The van der Waals surface area contributed by atoms with E-state index in [4.69, 9.17) is 9.16 Å². The molecule has 0 amide bonds. The molecule has 4 nitrogen and oxygen atoms in total. The van der Waals surface area contributed by atoms with E-state index in [1.807, 2.05) is 27.7 Å². The van der Waals surface area contributed by atoms with Crippen LogP contribution in [-0.4, -0.2) is 38.2 Å². The van der Waals surface area contributed by atoms with Crippen LogP contribution in [0.25, 0.3) is 0 Å². The molecule has 0 aliphatic rings. The maximum absolute atomic E-state index is 11.8. The Morgan fingerprint density at radius 1 is 0.767 bits per heavy atom. The lowest BCUT2D eigenvalue weighted by molar-refractivity contribution is -0.153. The third-order valence-electron chi connectivity index (χ3n) is 7.94. The number of hydrogen-bond acceptors (Lipinski definition) is 4. The molecular formula is C38H58O4Si. The second kappa shape index (κ2) is 18.4. The molecule has 2 rings (SSSR count). The Balaban J connectivity index is 1.70. The van der Waals surface area contributed by atoms with Gasteiger partial charge in [-0.15, -0.1) is 0 Å². The van der Waals surface area contributed by atoms with E-state index in [2.05, 4.69) is 93.3 Å². The number of aliphatic hydroxyl groups is 1. The zero-order valence-electron chi connectivity index (χ0n) is 28.1. The number of aliphatic hydroxyl groups excluding tert-OH is 1. The SMILES string of the molecule is C[C@H](C#CC[C@H](O)CCCCCCCCCCCOC(=O)C(C)(C)C)O[Si](c1ccccc1)(c1ccccc1)C(C)(C)C. The Hall–Kier alpha value is -2.39. The highest BCUT2D eigenvalue weighted by molar-refractivity contribution is 6.99. The van der Waals surface area contributed by atoms with Crippen LogP contribution in [0.1, 0.15) is 119 Å². The minimum absolute atomic E-state index is 0.0896. The Morgan fingerprint density at radius 2 is 1.23 bits per heavy atom. The van der Waals surface area contributed by atoms with E-state index in [-0.39, 0.29) is 23.2 Å². The zero-order valence-corrected chi connectivity index (χ0v) is 29.1. The first-order valence-electron chi connectivity index (χ1n) is 16.5. The van der Waals surface area contributed by atoms with Crippen LogP contribution in [0.5, 0.6) is 0 Å². The Kier molecular flexibility index (Phi) is 15.8. The van der Waals surface area contributed by atoms with Crippen LogP contribution in [0.4, 0.5) is 0 Å². The molecule has 1 N–H and O–H groups in total. The second-order valence-electron chi connectivity index (χ2n) is 14.0. The van der Waals surface area contributed by atoms with Crippen molar-refractivity contribution >= 4 is 24.7 Å². The van der Waals surface area contributed by atoms with Crippen molar-refractivity contribution in [1.29, 1.82) is 0 Å². The molecule has 0 bridgehead atoms. The van der Waals surface area contributed by atoms with Gasteiger partial charge in [-0.2, -0.15) is 0 Å². The van der Waals surface area contributed by atoms with Gasteiger partial charge in [-0.25, -0.2) is 0 Å². The normalized spacial score (nSPS) is 13.6. The van der Waals surface area contributed by atoms with Crippen LogP contribution >= 0.6 is 0 Å². The van der Waals surface area contributed by atoms with Crippen molar-refractivity contribution in [1.82, 2.24) is 0 Å². The highest BCUT2D eigenvalue weighted by Crippen LogP contribution is 2.37. The maximum atomic E-state index is 11.8. The van der Waals surface area contributed by atoms with Gasteiger partial charge >= 0.3 is 5.97 Å². The van der Waals surface area contributed by atoms with E-state index >= 15 is 0 Å². The van der Waals surface area contributed by atoms with Gasteiger partial charge in [-0.3, -0.25) is 4.79 Å². The van der Waals surface area contributed by atoms with E-state index < -0.39 is 13.7 Å². The summed E-state index contributed by atoms with van der Waals surface area (Å²) in [6, 6.07) is 21.3. The molecule has 0 radical (unpaired) electrons. The van der Waals surface area contributed by atoms with Crippen LogP contribution in [0.2, 0.25) is 5.04 Å². The first-order valence-corrected chi connectivity index (χ1v) is 18.4. The summed E-state index contributed by atoms with van der Waals surface area (Å²) in [7, 11) is -2.63. The number of carbonyl (C=O) groups is 1. The van der Waals surface area contributed by atoms with Gasteiger partial charge in [0.15, 0.2) is 0 Å². The van der Waals surface area contributed by atoms with Crippen molar-refractivity contribution in [3.63, 3.8) is 0 Å². The minimum atomic E-state index is -2.63. The largest absolute Gasteiger partial charge is 0.465 e. The van der Waals surface area contributed by atoms with Crippen molar-refractivity contribution in [2.75, 3.05) is 6.61 Å². The fourth-order valence-electron chi connectivity index (χ4n) is 5.51. The van der Waals surface area contributed by atoms with Crippen molar-refractivity contribution in [3.8, 4) is 11.8 Å². The summed E-state index contributed by atoms with van der Waals surface area (Å²) in [5, 5.41) is 12.9. The molecule has 0 unspecified atom stereocenters. The van der Waals surface area contributed by atoms with Crippen LogP contribution in [-0.2, 0) is 14.0 Å². The highest BCUT2D eigenvalue weighted by Gasteiger charge is 2.50. The highest BCUT2D eigenvalue weighted by atomic mass is 28.4. The first kappa shape index (κ1) is 36.8. The molecule has 2 aromatic carbocycles. The molecule has 43 heavy (non-hydrogen) atoms. The average molecular weight is 607 g/mol. The van der Waals surface area contributed by atoms with Crippen LogP contribution in [0.15, 0.2) is 60.7 Å². The van der Waals surface area contributed by atoms with Gasteiger partial charge in [0.05, 0.1) is 18.1 Å². The van der Waals surface area contributed by atoms with Gasteiger partial charge < -0.3 is 14.3 Å². The monoisotopic (exact) mass is 606 g/mol. The fraction of sp³-hybridized carbons (Fsp3) is 0.605. The van der Waals surface area contributed by atoms with Crippen molar-refractivity contribution in [3.05, 3.63) is 60.7 Å². The third-order valence-corrected chi connectivity index (χ3v) is 13.1. The zero-order chi connectivity index (χ0) is 31.8. The minimum Gasteiger partial charge on any atom is -0.465 e. The lowest BCUT2D eigenvalue weighted by Crippen LogP contribution is -2.67. The molecule has 0 saturated carbocycles. The number of rotatable bonds is 17. The fourth-order valence-corrected chi connectivity index (χ4v) is 10.1. The summed E-state index contributed by atoms with van der Waals surface area (Å²) >= 11 is 0. The lowest BCUT2D eigenvalue weighted by Gasteiger charge is -2.44. The number of unbranched alkanes of at least 4 members (excludes halogenated alkanes) is 8. The first-order chi connectivity index (χ1) is 20.4. The van der Waals surface area contributed by atoms with E-state index in [0.717, 1.165) is 32.1 Å². The van der Waals surface area contributed by atoms with Gasteiger partial charge in [0.25, 0.3) is 8.32 Å². The summed E-state index contributed by atoms with van der Waals surface area (Å²) in [5.41, 5.74) is -0.413. The summed E-state index contributed by atoms with van der Waals surface area (Å²) in [4.78, 5) is 11.8. The average Bonchev–Trinajstić information content (AvgIpc) is 2.96. The number of hydrogen-bond donors (Lipinski definition) is 1. The lowest BCUT2D eigenvalue weighted by atomic mass is 9.97. The number of ether oxygens (including phenoxy) is 1. The van der Waals surface area contributed by atoms with Gasteiger partial charge in [0.2, 0.25) is 0 Å². The summed E-state index contributed by atoms with van der Waals surface area (Å²) in [5.74, 6) is 6.44. The van der Waals surface area contributed by atoms with Crippen molar-refractivity contribution in [2.24, 2.45) is 5.41 Å². The standard InChI is InChI=1S/C38H58O4Si/c1-32(42-43(38(5,6)7,34-27-18-15-19-28-34)35-29-20-16-21-30-35)24-23-26-33(39)25-17-13-11-9-8-10-12-14-22-31-41-36(40)37(2,3)4/h15-16,18-21,27-30,32-33,39H,8-14,17,22,25-26,31H2,1-7H3/t32-,33-/m1/s1. The van der Waals surface area contributed by atoms with Gasteiger partial charge in [0, 0.05) is 6.42 Å². The topological polar surface area (TPSA) is 55.8 Å². The molecule has 0 aliphatic heterocycles. The molecule has 0 saturated heterocycles. The van der Waals surface area contributed by atoms with Crippen molar-refractivity contribution < 1.29 is 19.1 Å². The maximum Gasteiger partial charge on any atom is 0.311 e. The number of benzene rings is 2. The van der Waals surface area contributed by atoms with E-state index in [9.17, 15) is 9.90 Å². The number of esters is 1. The molecule has 0 fully saturated rings. The van der Waals surface area contributed by atoms with Gasteiger partial charge in [-0.1, -0.05) is 145 Å². The molecule has 2 atom stereocenters.